The number of carbonyl (C=O) groups is 2. The minimum Gasteiger partial charge on any atom is -0.484 e. The molecule has 3 amide bonds. The van der Waals surface area contributed by atoms with Crippen molar-refractivity contribution in [2.24, 2.45) is 5.73 Å². The third-order valence-electron chi connectivity index (χ3n) is 3.60. The van der Waals surface area contributed by atoms with E-state index < -0.39 is 30.8 Å². The zero-order chi connectivity index (χ0) is 21.0. The van der Waals surface area contributed by atoms with Gasteiger partial charge in [-0.2, -0.15) is 13.2 Å². The maximum absolute atomic E-state index is 12.4. The molecular formula is C17H15F3N4O3S2. The minimum atomic E-state index is -4.43. The summed E-state index contributed by atoms with van der Waals surface area (Å²) in [6.45, 7) is -1.39. The summed E-state index contributed by atoms with van der Waals surface area (Å²) in [4.78, 5) is 28.6. The highest BCUT2D eigenvalue weighted by molar-refractivity contribution is 7.22. The number of aromatic nitrogens is 1. The minimum absolute atomic E-state index is 0.0553. The Morgan fingerprint density at radius 3 is 2.72 bits per heavy atom. The third kappa shape index (κ3) is 6.06. The van der Waals surface area contributed by atoms with Crippen LogP contribution in [0, 0.1) is 0 Å². The molecule has 2 aromatic heterocycles. The predicted octanol–water partition coefficient (Wildman–Crippen LogP) is 4.04. The summed E-state index contributed by atoms with van der Waals surface area (Å²) in [7, 11) is 0. The van der Waals surface area contributed by atoms with E-state index in [0.29, 0.717) is 10.2 Å². The quantitative estimate of drug-likeness (QED) is 0.511. The van der Waals surface area contributed by atoms with Crippen molar-refractivity contribution in [3.05, 3.63) is 40.6 Å². The highest BCUT2D eigenvalue weighted by atomic mass is 32.1. The third-order valence-corrected chi connectivity index (χ3v) is 5.52. The van der Waals surface area contributed by atoms with Crippen molar-refractivity contribution in [3.8, 4) is 5.75 Å². The van der Waals surface area contributed by atoms with Gasteiger partial charge in [-0.1, -0.05) is 17.4 Å². The zero-order valence-corrected chi connectivity index (χ0v) is 16.3. The molecule has 0 saturated carbocycles. The Kier molecular flexibility index (Phi) is 6.23. The molecule has 3 aromatic rings. The monoisotopic (exact) mass is 444 g/mol. The number of nitrogens with two attached hydrogens (primary N) is 1. The lowest BCUT2D eigenvalue weighted by Crippen LogP contribution is -2.34. The smallest absolute Gasteiger partial charge is 0.422 e. The van der Waals surface area contributed by atoms with Crippen LogP contribution in [0.4, 0.5) is 23.1 Å². The van der Waals surface area contributed by atoms with E-state index in [9.17, 15) is 22.8 Å². The number of benzene rings is 1. The molecule has 4 N–H and O–H groups in total. The molecule has 0 fully saturated rings. The second-order valence-electron chi connectivity index (χ2n) is 5.88. The number of amides is 3. The number of rotatable bonds is 7. The highest BCUT2D eigenvalue weighted by Crippen LogP contribution is 2.30. The summed E-state index contributed by atoms with van der Waals surface area (Å²) in [5.74, 6) is -0.343. The van der Waals surface area contributed by atoms with Gasteiger partial charge in [0.15, 0.2) is 11.7 Å². The standard InChI is InChI=1S/C17H15F3N4O3S2/c18-17(19,20)8-27-9-3-4-10-13(6-9)29-16(23-10)24-14(25)7-11(22-15(21)26)12-2-1-5-28-12/h1-6,11H,7-8H2,(H3,21,22,26)(H,23,24,25). The van der Waals surface area contributed by atoms with E-state index in [1.807, 2.05) is 5.38 Å². The van der Waals surface area contributed by atoms with Crippen LogP contribution in [0.1, 0.15) is 17.3 Å². The Morgan fingerprint density at radius 2 is 2.07 bits per heavy atom. The summed E-state index contributed by atoms with van der Waals surface area (Å²) in [5, 5.41) is 7.25. The number of nitrogens with one attached hydrogen (secondary N) is 2. The lowest BCUT2D eigenvalue weighted by atomic mass is 10.1. The van der Waals surface area contributed by atoms with E-state index in [1.54, 1.807) is 12.1 Å². The van der Waals surface area contributed by atoms with Crippen LogP contribution in [0.25, 0.3) is 10.2 Å². The molecule has 0 spiro atoms. The van der Waals surface area contributed by atoms with Crippen LogP contribution in [0.15, 0.2) is 35.7 Å². The summed E-state index contributed by atoms with van der Waals surface area (Å²) in [6, 6.07) is 6.56. The number of thiophene rings is 1. The first-order valence-corrected chi connectivity index (χ1v) is 9.88. The van der Waals surface area contributed by atoms with Gasteiger partial charge >= 0.3 is 12.2 Å². The van der Waals surface area contributed by atoms with Crippen molar-refractivity contribution < 1.29 is 27.5 Å². The van der Waals surface area contributed by atoms with Gasteiger partial charge in [0.05, 0.1) is 22.7 Å². The molecule has 154 valence electrons. The van der Waals surface area contributed by atoms with E-state index in [1.165, 1.54) is 29.5 Å². The summed E-state index contributed by atoms with van der Waals surface area (Å²) in [6.07, 6.45) is -4.49. The van der Waals surface area contributed by atoms with Gasteiger partial charge in [0.2, 0.25) is 5.91 Å². The Hall–Kier alpha value is -2.86. The van der Waals surface area contributed by atoms with E-state index in [2.05, 4.69) is 15.6 Å². The van der Waals surface area contributed by atoms with Crippen molar-refractivity contribution in [3.63, 3.8) is 0 Å². The summed E-state index contributed by atoms with van der Waals surface area (Å²) >= 11 is 2.47. The Morgan fingerprint density at radius 1 is 1.28 bits per heavy atom. The van der Waals surface area contributed by atoms with Crippen molar-refractivity contribution in [1.29, 1.82) is 0 Å². The predicted molar refractivity (Wildman–Crippen MR) is 104 cm³/mol. The van der Waals surface area contributed by atoms with Crippen LogP contribution in [0.5, 0.6) is 5.75 Å². The van der Waals surface area contributed by atoms with Crippen LogP contribution >= 0.6 is 22.7 Å². The van der Waals surface area contributed by atoms with Gasteiger partial charge in [-0.05, 0) is 29.6 Å². The van der Waals surface area contributed by atoms with Crippen molar-refractivity contribution in [2.45, 2.75) is 18.6 Å². The number of primary amides is 1. The molecule has 1 aromatic carbocycles. The molecule has 0 bridgehead atoms. The van der Waals surface area contributed by atoms with E-state index in [0.717, 1.165) is 16.2 Å². The van der Waals surface area contributed by atoms with Crippen molar-refractivity contribution in [2.75, 3.05) is 11.9 Å². The van der Waals surface area contributed by atoms with Gasteiger partial charge in [-0.3, -0.25) is 4.79 Å². The SMILES string of the molecule is NC(=O)NC(CC(=O)Nc1nc2ccc(OCC(F)(F)F)cc2s1)c1cccs1. The molecule has 12 heteroatoms. The van der Waals surface area contributed by atoms with Crippen molar-refractivity contribution in [1.82, 2.24) is 10.3 Å². The van der Waals surface area contributed by atoms with Gasteiger partial charge in [0, 0.05) is 4.88 Å². The molecule has 1 unspecified atom stereocenters. The van der Waals surface area contributed by atoms with E-state index in [-0.39, 0.29) is 17.3 Å². The van der Waals surface area contributed by atoms with Gasteiger partial charge < -0.3 is 21.1 Å². The van der Waals surface area contributed by atoms with Crippen molar-refractivity contribution >= 4 is 50.0 Å². The van der Waals surface area contributed by atoms with Gasteiger partial charge in [0.25, 0.3) is 0 Å². The molecule has 1 atom stereocenters. The lowest BCUT2D eigenvalue weighted by molar-refractivity contribution is -0.153. The van der Waals surface area contributed by atoms with Crippen LogP contribution in [0.3, 0.4) is 0 Å². The fraction of sp³-hybridized carbons (Fsp3) is 0.235. The average Bonchev–Trinajstić information content (AvgIpc) is 3.27. The lowest BCUT2D eigenvalue weighted by Gasteiger charge is -2.15. The topological polar surface area (TPSA) is 106 Å². The summed E-state index contributed by atoms with van der Waals surface area (Å²) < 4.78 is 42.1. The van der Waals surface area contributed by atoms with E-state index >= 15 is 0 Å². The number of fused-ring (bicyclic) bond motifs is 1. The molecule has 0 aliphatic heterocycles. The fourth-order valence-corrected chi connectivity index (χ4v) is 4.14. The fourth-order valence-electron chi connectivity index (χ4n) is 2.45. The second-order valence-corrected chi connectivity index (χ2v) is 7.89. The highest BCUT2D eigenvalue weighted by Gasteiger charge is 2.28. The number of hydrogen-bond donors (Lipinski definition) is 3. The largest absolute Gasteiger partial charge is 0.484 e. The molecule has 3 rings (SSSR count). The number of nitrogens with zero attached hydrogens (tertiary/aromatic N) is 1. The number of urea groups is 1. The number of hydrogen-bond acceptors (Lipinski definition) is 6. The number of halogens is 3. The Balaban J connectivity index is 1.67. The molecular weight excluding hydrogens is 429 g/mol. The molecule has 0 aliphatic carbocycles. The second kappa shape index (κ2) is 8.66. The molecule has 0 saturated heterocycles. The van der Waals surface area contributed by atoms with Crippen LogP contribution in [0.2, 0.25) is 0 Å². The zero-order valence-electron chi connectivity index (χ0n) is 14.7. The average molecular weight is 444 g/mol. The molecule has 0 radical (unpaired) electrons. The first kappa shape index (κ1) is 20.9. The maximum atomic E-state index is 12.4. The van der Waals surface area contributed by atoms with Crippen LogP contribution in [-0.4, -0.2) is 29.7 Å². The number of ether oxygens (including phenoxy) is 1. The Labute approximate surface area is 170 Å². The number of anilines is 1. The normalized spacial score (nSPS) is 12.5. The molecule has 29 heavy (non-hydrogen) atoms. The van der Waals surface area contributed by atoms with Gasteiger partial charge in [-0.15, -0.1) is 11.3 Å². The number of alkyl halides is 3. The van der Waals surface area contributed by atoms with Crippen LogP contribution in [-0.2, 0) is 4.79 Å². The number of carbonyl (C=O) groups excluding carboxylic acids is 2. The number of thiazole rings is 1. The molecule has 7 nitrogen and oxygen atoms in total. The summed E-state index contributed by atoms with van der Waals surface area (Å²) in [5.41, 5.74) is 5.68. The maximum Gasteiger partial charge on any atom is 0.422 e. The molecule has 0 aliphatic rings. The van der Waals surface area contributed by atoms with E-state index in [4.69, 9.17) is 10.5 Å². The Bertz CT molecular complexity index is 1010. The van der Waals surface area contributed by atoms with Gasteiger partial charge in [-0.25, -0.2) is 9.78 Å². The van der Waals surface area contributed by atoms with Gasteiger partial charge in [0.1, 0.15) is 5.75 Å². The molecule has 2 heterocycles. The first-order chi connectivity index (χ1) is 13.7. The first-order valence-electron chi connectivity index (χ1n) is 8.19. The van der Waals surface area contributed by atoms with Crippen LogP contribution < -0.4 is 21.1 Å².